The van der Waals surface area contributed by atoms with Crippen LogP contribution in [0.3, 0.4) is 0 Å². The summed E-state index contributed by atoms with van der Waals surface area (Å²) in [4.78, 5) is 11.2. The van der Waals surface area contributed by atoms with E-state index in [2.05, 4.69) is 0 Å². The highest BCUT2D eigenvalue weighted by Gasteiger charge is 2.27. The summed E-state index contributed by atoms with van der Waals surface area (Å²) in [6.45, 7) is 3.68. The smallest absolute Gasteiger partial charge is 0.330 e. The van der Waals surface area contributed by atoms with Gasteiger partial charge in [-0.25, -0.2) is 4.79 Å². The van der Waals surface area contributed by atoms with Gasteiger partial charge in [0.2, 0.25) is 0 Å². The van der Waals surface area contributed by atoms with Crippen LogP contribution in [0, 0.1) is 0 Å². The van der Waals surface area contributed by atoms with Gasteiger partial charge >= 0.3 is 5.97 Å². The van der Waals surface area contributed by atoms with E-state index in [1.807, 2.05) is 73.7 Å². The van der Waals surface area contributed by atoms with Crippen molar-refractivity contribution in [1.29, 1.82) is 0 Å². The molecule has 2 nitrogen and oxygen atoms in total. The SMILES string of the molecule is C/C(=C\C(C)(c1ccccc1)c1ccccc1)C(=O)O. The molecule has 0 atom stereocenters. The number of aliphatic carboxylic acids is 1. The average Bonchev–Trinajstić information content (AvgIpc) is 2.48. The first-order valence-electron chi connectivity index (χ1n) is 6.58. The van der Waals surface area contributed by atoms with E-state index in [-0.39, 0.29) is 0 Å². The van der Waals surface area contributed by atoms with Gasteiger partial charge < -0.3 is 5.11 Å². The normalized spacial score (nSPS) is 12.2. The van der Waals surface area contributed by atoms with Crippen molar-refractivity contribution >= 4 is 5.97 Å². The van der Waals surface area contributed by atoms with Crippen LogP contribution in [0.5, 0.6) is 0 Å². The second-order valence-corrected chi connectivity index (χ2v) is 5.07. The number of allylic oxidation sites excluding steroid dienone is 1. The van der Waals surface area contributed by atoms with Gasteiger partial charge in [0.05, 0.1) is 0 Å². The molecule has 0 heterocycles. The van der Waals surface area contributed by atoms with Crippen LogP contribution in [0.2, 0.25) is 0 Å². The van der Waals surface area contributed by atoms with Crippen LogP contribution in [-0.2, 0) is 10.2 Å². The van der Waals surface area contributed by atoms with E-state index in [1.54, 1.807) is 6.92 Å². The fourth-order valence-corrected chi connectivity index (χ4v) is 2.40. The number of hydrogen-bond donors (Lipinski definition) is 1. The van der Waals surface area contributed by atoms with Gasteiger partial charge in [-0.1, -0.05) is 66.7 Å². The zero-order chi connectivity index (χ0) is 14.6. The number of carbonyl (C=O) groups is 1. The van der Waals surface area contributed by atoms with E-state index in [1.165, 1.54) is 0 Å². The summed E-state index contributed by atoms with van der Waals surface area (Å²) in [7, 11) is 0. The van der Waals surface area contributed by atoms with E-state index in [9.17, 15) is 9.90 Å². The molecule has 2 heteroatoms. The molecule has 0 aliphatic rings. The van der Waals surface area contributed by atoms with E-state index in [0.717, 1.165) is 11.1 Å². The third-order valence-corrected chi connectivity index (χ3v) is 3.59. The van der Waals surface area contributed by atoms with Crippen LogP contribution in [0.1, 0.15) is 25.0 Å². The summed E-state index contributed by atoms with van der Waals surface area (Å²) >= 11 is 0. The summed E-state index contributed by atoms with van der Waals surface area (Å²) in [5, 5.41) is 9.17. The molecule has 0 amide bonds. The number of carboxylic acids is 1. The van der Waals surface area contributed by atoms with Gasteiger partial charge in [-0.05, 0) is 25.0 Å². The quantitative estimate of drug-likeness (QED) is 0.848. The molecule has 0 saturated heterocycles. The molecule has 0 radical (unpaired) electrons. The lowest BCUT2D eigenvalue weighted by Gasteiger charge is -2.28. The Morgan fingerprint density at radius 1 is 0.950 bits per heavy atom. The minimum atomic E-state index is -0.886. The Bertz CT molecular complexity index is 573. The molecule has 2 rings (SSSR count). The van der Waals surface area contributed by atoms with Crippen LogP contribution in [0.4, 0.5) is 0 Å². The Balaban J connectivity index is 2.61. The van der Waals surface area contributed by atoms with Crippen molar-refractivity contribution in [2.24, 2.45) is 0 Å². The summed E-state index contributed by atoms with van der Waals surface area (Å²) in [5.74, 6) is -0.886. The zero-order valence-electron chi connectivity index (χ0n) is 11.7. The predicted octanol–water partition coefficient (Wildman–Crippen LogP) is 4.02. The summed E-state index contributed by atoms with van der Waals surface area (Å²) in [6, 6.07) is 19.9. The number of carboxylic acid groups (broad SMARTS) is 1. The maximum Gasteiger partial charge on any atom is 0.330 e. The number of rotatable bonds is 4. The first kappa shape index (κ1) is 14.1. The molecule has 2 aromatic rings. The lowest BCUT2D eigenvalue weighted by atomic mass is 9.75. The highest BCUT2D eigenvalue weighted by Crippen LogP contribution is 2.34. The summed E-state index contributed by atoms with van der Waals surface area (Å²) < 4.78 is 0. The van der Waals surface area contributed by atoms with Gasteiger partial charge in [-0.15, -0.1) is 0 Å². The second-order valence-electron chi connectivity index (χ2n) is 5.07. The third-order valence-electron chi connectivity index (χ3n) is 3.59. The van der Waals surface area contributed by atoms with Gasteiger partial charge in [0.15, 0.2) is 0 Å². The van der Waals surface area contributed by atoms with Crippen molar-refractivity contribution in [1.82, 2.24) is 0 Å². The van der Waals surface area contributed by atoms with Crippen molar-refractivity contribution in [2.45, 2.75) is 19.3 Å². The largest absolute Gasteiger partial charge is 0.478 e. The van der Waals surface area contributed by atoms with Gasteiger partial charge in [-0.2, -0.15) is 0 Å². The molecule has 0 spiro atoms. The first-order chi connectivity index (χ1) is 9.54. The molecule has 0 unspecified atom stereocenters. The van der Waals surface area contributed by atoms with Gasteiger partial charge in [0.1, 0.15) is 0 Å². The van der Waals surface area contributed by atoms with Crippen molar-refractivity contribution in [3.05, 3.63) is 83.4 Å². The molecule has 0 bridgehead atoms. The first-order valence-corrected chi connectivity index (χ1v) is 6.58. The Morgan fingerprint density at radius 2 is 1.35 bits per heavy atom. The Hall–Kier alpha value is -2.35. The Morgan fingerprint density at radius 3 is 1.70 bits per heavy atom. The molecule has 2 aromatic carbocycles. The minimum Gasteiger partial charge on any atom is -0.478 e. The third kappa shape index (κ3) is 2.80. The Kier molecular flexibility index (Phi) is 4.04. The van der Waals surface area contributed by atoms with Gasteiger partial charge in [0, 0.05) is 11.0 Å². The lowest BCUT2D eigenvalue weighted by Crippen LogP contribution is -2.22. The fraction of sp³-hybridized carbons (Fsp3) is 0.167. The Labute approximate surface area is 119 Å². The maximum absolute atomic E-state index is 11.2. The molecule has 20 heavy (non-hydrogen) atoms. The standard InChI is InChI=1S/C18H18O2/c1-14(17(19)20)13-18(2,15-9-5-3-6-10-15)16-11-7-4-8-12-16/h3-13H,1-2H3,(H,19,20)/b14-13+. The van der Waals surface area contributed by atoms with Crippen molar-refractivity contribution in [2.75, 3.05) is 0 Å². The van der Waals surface area contributed by atoms with Crippen LogP contribution in [0.15, 0.2) is 72.3 Å². The summed E-state index contributed by atoms with van der Waals surface area (Å²) in [6.07, 6.45) is 1.82. The van der Waals surface area contributed by atoms with E-state index < -0.39 is 11.4 Å². The molecular formula is C18H18O2. The molecule has 1 N–H and O–H groups in total. The zero-order valence-corrected chi connectivity index (χ0v) is 11.7. The highest BCUT2D eigenvalue weighted by molar-refractivity contribution is 5.86. The van der Waals surface area contributed by atoms with E-state index >= 15 is 0 Å². The highest BCUT2D eigenvalue weighted by atomic mass is 16.4. The van der Waals surface area contributed by atoms with Gasteiger partial charge in [-0.3, -0.25) is 0 Å². The lowest BCUT2D eigenvalue weighted by molar-refractivity contribution is -0.132. The predicted molar refractivity (Wildman–Crippen MR) is 80.7 cm³/mol. The fourth-order valence-electron chi connectivity index (χ4n) is 2.40. The molecule has 0 fully saturated rings. The van der Waals surface area contributed by atoms with Crippen molar-refractivity contribution in [3.8, 4) is 0 Å². The van der Waals surface area contributed by atoms with Crippen LogP contribution < -0.4 is 0 Å². The summed E-state index contributed by atoms with van der Waals surface area (Å²) in [5.41, 5.74) is 2.05. The topological polar surface area (TPSA) is 37.3 Å². The molecular weight excluding hydrogens is 248 g/mol. The number of hydrogen-bond acceptors (Lipinski definition) is 1. The van der Waals surface area contributed by atoms with Crippen molar-refractivity contribution in [3.63, 3.8) is 0 Å². The second kappa shape index (κ2) is 5.74. The number of benzene rings is 2. The monoisotopic (exact) mass is 266 g/mol. The van der Waals surface area contributed by atoms with Crippen LogP contribution >= 0.6 is 0 Å². The molecule has 0 aliphatic heterocycles. The minimum absolute atomic E-state index is 0.347. The molecule has 0 aliphatic carbocycles. The molecule has 0 aromatic heterocycles. The maximum atomic E-state index is 11.2. The van der Waals surface area contributed by atoms with Crippen LogP contribution in [0.25, 0.3) is 0 Å². The average molecular weight is 266 g/mol. The van der Waals surface area contributed by atoms with Crippen molar-refractivity contribution < 1.29 is 9.90 Å². The molecule has 0 saturated carbocycles. The van der Waals surface area contributed by atoms with Crippen LogP contribution in [-0.4, -0.2) is 11.1 Å². The van der Waals surface area contributed by atoms with E-state index in [4.69, 9.17) is 0 Å². The molecule has 102 valence electrons. The van der Waals surface area contributed by atoms with Gasteiger partial charge in [0.25, 0.3) is 0 Å². The van der Waals surface area contributed by atoms with E-state index in [0.29, 0.717) is 5.57 Å².